The summed E-state index contributed by atoms with van der Waals surface area (Å²) in [5.41, 5.74) is 3.38. The highest BCUT2D eigenvalue weighted by Crippen LogP contribution is 2.44. The lowest BCUT2D eigenvalue weighted by atomic mass is 9.71. The van der Waals surface area contributed by atoms with E-state index in [9.17, 15) is 9.90 Å². The number of rotatable bonds is 4. The summed E-state index contributed by atoms with van der Waals surface area (Å²) in [7, 11) is 0. The van der Waals surface area contributed by atoms with Crippen LogP contribution in [-0.4, -0.2) is 12.6 Å². The first-order chi connectivity index (χ1) is 12.5. The molecule has 0 bridgehead atoms. The fourth-order valence-electron chi connectivity index (χ4n) is 3.64. The van der Waals surface area contributed by atoms with Gasteiger partial charge in [0, 0.05) is 28.9 Å². The molecule has 2 heterocycles. The largest absolute Gasteiger partial charge is 0.550 e. The van der Waals surface area contributed by atoms with Crippen molar-refractivity contribution in [3.63, 3.8) is 0 Å². The van der Waals surface area contributed by atoms with E-state index in [2.05, 4.69) is 37.8 Å². The van der Waals surface area contributed by atoms with Crippen LogP contribution in [0.25, 0.3) is 0 Å². The number of aryl methyl sites for hydroxylation is 1. The maximum atomic E-state index is 10.6. The van der Waals surface area contributed by atoms with Gasteiger partial charge in [-0.2, -0.15) is 0 Å². The first-order valence-electron chi connectivity index (χ1n) is 9.06. The highest BCUT2D eigenvalue weighted by Gasteiger charge is 2.35. The fourth-order valence-corrected chi connectivity index (χ4v) is 3.64. The van der Waals surface area contributed by atoms with Gasteiger partial charge in [-0.1, -0.05) is 19.8 Å². The number of fused-ring (bicyclic) bond motifs is 1. The molecule has 4 heteroatoms. The SMILES string of the molecule is CCC1(CC)CCOc2cc(C)c(C#Cc3ccc(CC(=O)[O-])o3)cc21. The van der Waals surface area contributed by atoms with E-state index < -0.39 is 5.97 Å². The molecule has 26 heavy (non-hydrogen) atoms. The Morgan fingerprint density at radius 3 is 2.69 bits per heavy atom. The molecule has 0 saturated carbocycles. The van der Waals surface area contributed by atoms with Crippen LogP contribution in [0.1, 0.15) is 61.3 Å². The molecule has 0 radical (unpaired) electrons. The topological polar surface area (TPSA) is 62.5 Å². The van der Waals surface area contributed by atoms with Crippen LogP contribution in [0.3, 0.4) is 0 Å². The van der Waals surface area contributed by atoms with E-state index >= 15 is 0 Å². The van der Waals surface area contributed by atoms with Crippen molar-refractivity contribution in [2.45, 2.75) is 51.9 Å². The minimum absolute atomic E-state index is 0.143. The second-order valence-corrected chi connectivity index (χ2v) is 6.81. The quantitative estimate of drug-likeness (QED) is 0.794. The van der Waals surface area contributed by atoms with E-state index in [1.807, 2.05) is 6.92 Å². The molecule has 0 atom stereocenters. The maximum Gasteiger partial charge on any atom is 0.177 e. The summed E-state index contributed by atoms with van der Waals surface area (Å²) >= 11 is 0. The molecule has 0 amide bonds. The van der Waals surface area contributed by atoms with Crippen molar-refractivity contribution in [2.75, 3.05) is 6.61 Å². The molecule has 4 nitrogen and oxygen atoms in total. The number of carbonyl (C=O) groups is 1. The van der Waals surface area contributed by atoms with Crippen molar-refractivity contribution in [1.29, 1.82) is 0 Å². The van der Waals surface area contributed by atoms with Crippen LogP contribution in [0.15, 0.2) is 28.7 Å². The first kappa shape index (κ1) is 18.1. The van der Waals surface area contributed by atoms with Gasteiger partial charge in [0.1, 0.15) is 11.5 Å². The van der Waals surface area contributed by atoms with E-state index in [1.165, 1.54) is 5.56 Å². The van der Waals surface area contributed by atoms with Crippen LogP contribution in [0.5, 0.6) is 5.75 Å². The number of carboxylic acid groups (broad SMARTS) is 1. The van der Waals surface area contributed by atoms with Crippen LogP contribution < -0.4 is 9.84 Å². The zero-order chi connectivity index (χ0) is 18.7. The van der Waals surface area contributed by atoms with Gasteiger partial charge in [0.05, 0.1) is 6.61 Å². The number of hydrogen-bond acceptors (Lipinski definition) is 4. The van der Waals surface area contributed by atoms with E-state index in [-0.39, 0.29) is 11.8 Å². The second kappa shape index (κ2) is 7.29. The Labute approximate surface area is 154 Å². The second-order valence-electron chi connectivity index (χ2n) is 6.81. The Morgan fingerprint density at radius 1 is 1.23 bits per heavy atom. The van der Waals surface area contributed by atoms with Crippen molar-refractivity contribution in [2.24, 2.45) is 0 Å². The minimum atomic E-state index is -1.17. The number of benzene rings is 1. The van der Waals surface area contributed by atoms with Crippen LogP contribution >= 0.6 is 0 Å². The van der Waals surface area contributed by atoms with E-state index in [4.69, 9.17) is 9.15 Å². The molecule has 1 aromatic heterocycles. The predicted octanol–water partition coefficient (Wildman–Crippen LogP) is 3.12. The van der Waals surface area contributed by atoms with Gasteiger partial charge < -0.3 is 19.1 Å². The van der Waals surface area contributed by atoms with Crippen LogP contribution in [-0.2, 0) is 16.6 Å². The van der Waals surface area contributed by atoms with Gasteiger partial charge in [-0.15, -0.1) is 0 Å². The monoisotopic (exact) mass is 351 g/mol. The van der Waals surface area contributed by atoms with Crippen molar-refractivity contribution >= 4 is 5.97 Å². The van der Waals surface area contributed by atoms with Gasteiger partial charge in [-0.05, 0) is 61.9 Å². The van der Waals surface area contributed by atoms with Gasteiger partial charge in [-0.3, -0.25) is 0 Å². The van der Waals surface area contributed by atoms with Gasteiger partial charge in [-0.25, -0.2) is 0 Å². The number of hydrogen-bond donors (Lipinski definition) is 0. The summed E-state index contributed by atoms with van der Waals surface area (Å²) in [6.45, 7) is 7.23. The Morgan fingerprint density at radius 2 is 2.00 bits per heavy atom. The molecule has 0 fully saturated rings. The van der Waals surface area contributed by atoms with Gasteiger partial charge in [0.2, 0.25) is 0 Å². The lowest BCUT2D eigenvalue weighted by Crippen LogP contribution is -2.32. The highest BCUT2D eigenvalue weighted by molar-refractivity contribution is 5.67. The molecule has 1 aromatic carbocycles. The third-order valence-electron chi connectivity index (χ3n) is 5.39. The number of furan rings is 1. The Balaban J connectivity index is 1.95. The third-order valence-corrected chi connectivity index (χ3v) is 5.39. The summed E-state index contributed by atoms with van der Waals surface area (Å²) in [6.07, 6.45) is 2.92. The average Bonchev–Trinajstić information content (AvgIpc) is 3.06. The summed E-state index contributed by atoms with van der Waals surface area (Å²) in [5, 5.41) is 10.6. The fraction of sp³-hybridized carbons (Fsp3) is 0.409. The highest BCUT2D eigenvalue weighted by atomic mass is 16.5. The number of ether oxygens (including phenoxy) is 1. The lowest BCUT2D eigenvalue weighted by Gasteiger charge is -2.38. The van der Waals surface area contributed by atoms with Crippen LogP contribution in [0.2, 0.25) is 0 Å². The smallest absolute Gasteiger partial charge is 0.177 e. The first-order valence-corrected chi connectivity index (χ1v) is 9.06. The summed E-state index contributed by atoms with van der Waals surface area (Å²) in [6, 6.07) is 7.52. The normalized spacial score (nSPS) is 14.7. The van der Waals surface area contributed by atoms with Crippen LogP contribution in [0, 0.1) is 18.8 Å². The van der Waals surface area contributed by atoms with Gasteiger partial charge >= 0.3 is 0 Å². The van der Waals surface area contributed by atoms with Crippen molar-refractivity contribution in [1.82, 2.24) is 0 Å². The molecule has 3 rings (SSSR count). The molecule has 1 aliphatic heterocycles. The Hall–Kier alpha value is -2.67. The maximum absolute atomic E-state index is 10.6. The average molecular weight is 351 g/mol. The Kier molecular flexibility index (Phi) is 5.08. The van der Waals surface area contributed by atoms with Crippen molar-refractivity contribution < 1.29 is 19.1 Å². The molecule has 2 aromatic rings. The predicted molar refractivity (Wildman–Crippen MR) is 97.0 cm³/mol. The molecule has 0 saturated heterocycles. The molecular weight excluding hydrogens is 328 g/mol. The number of carboxylic acids is 1. The van der Waals surface area contributed by atoms with Crippen LogP contribution in [0.4, 0.5) is 0 Å². The van der Waals surface area contributed by atoms with Gasteiger partial charge in [0.15, 0.2) is 5.76 Å². The number of carbonyl (C=O) groups excluding carboxylic acids is 1. The van der Waals surface area contributed by atoms with E-state index in [0.29, 0.717) is 11.5 Å². The standard InChI is InChI=1S/C22H24O4/c1-4-22(5-2)10-11-25-20-12-15(3)16(13-19(20)22)6-7-17-8-9-18(26-17)14-21(23)24/h8-9,12-13H,4-5,10-11,14H2,1-3H3,(H,23,24)/p-1. The van der Waals surface area contributed by atoms with Crippen molar-refractivity contribution in [3.05, 3.63) is 52.5 Å². The zero-order valence-corrected chi connectivity index (χ0v) is 15.5. The Bertz CT molecular complexity index is 875. The molecule has 1 aliphatic rings. The molecule has 0 unspecified atom stereocenters. The number of aliphatic carboxylic acids is 1. The van der Waals surface area contributed by atoms with Gasteiger partial charge in [0.25, 0.3) is 0 Å². The third kappa shape index (κ3) is 3.48. The molecule has 0 spiro atoms. The molecule has 0 N–H and O–H groups in total. The lowest BCUT2D eigenvalue weighted by molar-refractivity contribution is -0.305. The summed E-state index contributed by atoms with van der Waals surface area (Å²) < 4.78 is 11.3. The summed E-state index contributed by atoms with van der Waals surface area (Å²) in [5.74, 6) is 6.77. The molecular formula is C22H23O4-. The molecule has 0 aliphatic carbocycles. The van der Waals surface area contributed by atoms with E-state index in [1.54, 1.807) is 12.1 Å². The summed E-state index contributed by atoms with van der Waals surface area (Å²) in [4.78, 5) is 10.6. The molecule has 136 valence electrons. The zero-order valence-electron chi connectivity index (χ0n) is 15.5. The van der Waals surface area contributed by atoms with Crippen molar-refractivity contribution in [3.8, 4) is 17.6 Å². The van der Waals surface area contributed by atoms with E-state index in [0.717, 1.165) is 42.7 Å². The minimum Gasteiger partial charge on any atom is -0.550 e.